The van der Waals surface area contributed by atoms with E-state index in [2.05, 4.69) is 10.3 Å². The van der Waals surface area contributed by atoms with Crippen LogP contribution in [0.15, 0.2) is 21.9 Å². The fraction of sp³-hybridized carbons (Fsp3) is 0.688. The molecule has 0 saturated heterocycles. The second kappa shape index (κ2) is 9.39. The minimum absolute atomic E-state index is 0.318. The van der Waals surface area contributed by atoms with Crippen molar-refractivity contribution in [1.29, 1.82) is 0 Å². The third kappa shape index (κ3) is 7.56. The van der Waals surface area contributed by atoms with Gasteiger partial charge in [-0.2, -0.15) is 0 Å². The molecule has 1 atom stereocenters. The summed E-state index contributed by atoms with van der Waals surface area (Å²) < 4.78 is 6.67. The summed E-state index contributed by atoms with van der Waals surface area (Å²) in [6.07, 6.45) is 3.87. The summed E-state index contributed by atoms with van der Waals surface area (Å²) in [4.78, 5) is 36.5. The highest BCUT2D eigenvalue weighted by molar-refractivity contribution is 5.76. The van der Waals surface area contributed by atoms with Gasteiger partial charge in [0.1, 0.15) is 11.6 Å². The lowest BCUT2D eigenvalue weighted by molar-refractivity contribution is -0.158. The van der Waals surface area contributed by atoms with Gasteiger partial charge in [0.2, 0.25) is 0 Å². The van der Waals surface area contributed by atoms with Gasteiger partial charge >= 0.3 is 11.7 Å². The van der Waals surface area contributed by atoms with Crippen LogP contribution in [0.2, 0.25) is 0 Å². The fourth-order valence-electron chi connectivity index (χ4n) is 2.08. The summed E-state index contributed by atoms with van der Waals surface area (Å²) >= 11 is 0. The lowest BCUT2D eigenvalue weighted by Crippen LogP contribution is -2.44. The van der Waals surface area contributed by atoms with E-state index in [1.165, 1.54) is 16.8 Å². The van der Waals surface area contributed by atoms with Crippen LogP contribution in [0.3, 0.4) is 0 Å². The van der Waals surface area contributed by atoms with Crippen molar-refractivity contribution in [2.24, 2.45) is 0 Å². The van der Waals surface area contributed by atoms with Crippen molar-refractivity contribution in [2.75, 3.05) is 13.2 Å². The third-order valence-electron chi connectivity index (χ3n) is 3.24. The average molecular weight is 341 g/mol. The van der Waals surface area contributed by atoms with E-state index in [9.17, 15) is 19.5 Å². The molecule has 0 amide bonds. The molecule has 0 saturated carbocycles. The minimum Gasteiger partial charge on any atom is -0.459 e. The van der Waals surface area contributed by atoms with Gasteiger partial charge in [-0.15, -0.1) is 0 Å². The molecule has 1 aromatic heterocycles. The van der Waals surface area contributed by atoms with Gasteiger partial charge in [-0.3, -0.25) is 14.6 Å². The molecule has 1 rings (SSSR count). The molecule has 136 valence electrons. The molecule has 0 radical (unpaired) electrons. The summed E-state index contributed by atoms with van der Waals surface area (Å²) in [5.74, 6) is -0.468. The SMILES string of the molecule is CC(C)(C)OC(=O)[C@H](CO)NCCCCCn1ccc(=O)[nH]c1=O. The maximum Gasteiger partial charge on any atom is 0.328 e. The Balaban J connectivity index is 2.26. The molecule has 0 aromatic carbocycles. The second-order valence-corrected chi connectivity index (χ2v) is 6.59. The number of ether oxygens (including phenoxy) is 1. The number of nitrogens with zero attached hydrogens (tertiary/aromatic N) is 1. The first-order valence-corrected chi connectivity index (χ1v) is 8.10. The zero-order valence-electron chi connectivity index (χ0n) is 14.5. The van der Waals surface area contributed by atoms with Gasteiger partial charge in [0, 0.05) is 18.8 Å². The van der Waals surface area contributed by atoms with Crippen LogP contribution < -0.4 is 16.6 Å². The molecule has 3 N–H and O–H groups in total. The molecular weight excluding hydrogens is 314 g/mol. The summed E-state index contributed by atoms with van der Waals surface area (Å²) in [7, 11) is 0. The largest absolute Gasteiger partial charge is 0.459 e. The number of carbonyl (C=O) groups is 1. The zero-order chi connectivity index (χ0) is 18.2. The van der Waals surface area contributed by atoms with Gasteiger partial charge in [0.25, 0.3) is 5.56 Å². The number of aromatic amines is 1. The number of hydrogen-bond acceptors (Lipinski definition) is 6. The van der Waals surface area contributed by atoms with Crippen LogP contribution in [-0.4, -0.2) is 45.4 Å². The van der Waals surface area contributed by atoms with Crippen LogP contribution in [-0.2, 0) is 16.1 Å². The number of aryl methyl sites for hydroxylation is 1. The van der Waals surface area contributed by atoms with Crippen LogP contribution in [0.25, 0.3) is 0 Å². The molecule has 8 nitrogen and oxygen atoms in total. The molecule has 1 heterocycles. The molecule has 0 aliphatic rings. The Morgan fingerprint density at radius 3 is 2.62 bits per heavy atom. The Hall–Kier alpha value is -1.93. The van der Waals surface area contributed by atoms with Crippen molar-refractivity contribution in [3.8, 4) is 0 Å². The molecule has 1 aromatic rings. The van der Waals surface area contributed by atoms with E-state index >= 15 is 0 Å². The number of aliphatic hydroxyl groups excluding tert-OH is 1. The highest BCUT2D eigenvalue weighted by Gasteiger charge is 2.23. The molecule has 8 heteroatoms. The van der Waals surface area contributed by atoms with Crippen molar-refractivity contribution in [2.45, 2.75) is 58.2 Å². The second-order valence-electron chi connectivity index (χ2n) is 6.59. The maximum atomic E-state index is 11.8. The molecule has 24 heavy (non-hydrogen) atoms. The third-order valence-corrected chi connectivity index (χ3v) is 3.24. The highest BCUT2D eigenvalue weighted by Crippen LogP contribution is 2.08. The Morgan fingerprint density at radius 2 is 2.04 bits per heavy atom. The van der Waals surface area contributed by atoms with E-state index in [-0.39, 0.29) is 6.61 Å². The lowest BCUT2D eigenvalue weighted by atomic mass is 10.2. The smallest absolute Gasteiger partial charge is 0.328 e. The maximum absolute atomic E-state index is 11.8. The predicted molar refractivity (Wildman–Crippen MR) is 89.9 cm³/mol. The summed E-state index contributed by atoms with van der Waals surface area (Å²) in [6, 6.07) is 0.585. The Bertz CT molecular complexity index is 630. The van der Waals surface area contributed by atoms with Gasteiger partial charge in [0.05, 0.1) is 6.61 Å². The molecule has 0 bridgehead atoms. The van der Waals surface area contributed by atoms with Crippen molar-refractivity contribution in [1.82, 2.24) is 14.9 Å². The number of aromatic nitrogens is 2. The summed E-state index contributed by atoms with van der Waals surface area (Å²) in [5, 5.41) is 12.2. The molecule has 0 unspecified atom stereocenters. The molecule has 0 aliphatic carbocycles. The van der Waals surface area contributed by atoms with Crippen LogP contribution in [0.4, 0.5) is 0 Å². The van der Waals surface area contributed by atoms with Crippen LogP contribution in [0.1, 0.15) is 40.0 Å². The lowest BCUT2D eigenvalue weighted by Gasteiger charge is -2.23. The summed E-state index contributed by atoms with van der Waals surface area (Å²) in [5.41, 5.74) is -1.40. The standard InChI is InChI=1S/C16H27N3O5/c1-16(2,3)24-14(22)12(11-20)17-8-5-4-6-9-19-10-7-13(21)18-15(19)23/h7,10,12,17,20H,4-6,8-9,11H2,1-3H3,(H,18,21,23)/t12-/m0/s1. The normalized spacial score (nSPS) is 12.8. The quantitative estimate of drug-likeness (QED) is 0.430. The number of esters is 1. The van der Waals surface area contributed by atoms with Crippen molar-refractivity contribution in [3.63, 3.8) is 0 Å². The number of carbonyl (C=O) groups excluding carboxylic acids is 1. The number of hydrogen-bond donors (Lipinski definition) is 3. The average Bonchev–Trinajstić information content (AvgIpc) is 2.46. The van der Waals surface area contributed by atoms with E-state index < -0.39 is 28.9 Å². The number of rotatable bonds is 9. The predicted octanol–water partition coefficient (Wildman–Crippen LogP) is -0.000900. The van der Waals surface area contributed by atoms with Crippen molar-refractivity contribution >= 4 is 5.97 Å². The number of H-pyrrole nitrogens is 1. The van der Waals surface area contributed by atoms with Crippen molar-refractivity contribution < 1.29 is 14.6 Å². The first-order valence-electron chi connectivity index (χ1n) is 8.10. The summed E-state index contributed by atoms with van der Waals surface area (Å²) in [6.45, 7) is 6.09. The van der Waals surface area contributed by atoms with E-state index in [0.29, 0.717) is 13.1 Å². The van der Waals surface area contributed by atoms with Gasteiger partial charge in [-0.25, -0.2) is 4.79 Å². The van der Waals surface area contributed by atoms with Crippen molar-refractivity contribution in [3.05, 3.63) is 33.1 Å². The Kier molecular flexibility index (Phi) is 7.87. The zero-order valence-corrected chi connectivity index (χ0v) is 14.5. The first kappa shape index (κ1) is 20.1. The van der Waals surface area contributed by atoms with Crippen LogP contribution in [0, 0.1) is 0 Å². The van der Waals surface area contributed by atoms with E-state index in [0.717, 1.165) is 19.3 Å². The number of unbranched alkanes of at least 4 members (excludes halogenated alkanes) is 2. The molecule has 0 fully saturated rings. The fourth-order valence-corrected chi connectivity index (χ4v) is 2.08. The van der Waals surface area contributed by atoms with Gasteiger partial charge in [-0.1, -0.05) is 6.42 Å². The highest BCUT2D eigenvalue weighted by atomic mass is 16.6. The number of nitrogens with one attached hydrogen (secondary N) is 2. The molecular formula is C16H27N3O5. The Labute approximate surface area is 140 Å². The Morgan fingerprint density at radius 1 is 1.33 bits per heavy atom. The van der Waals surface area contributed by atoms with Gasteiger partial charge in [0.15, 0.2) is 0 Å². The van der Waals surface area contributed by atoms with E-state index in [4.69, 9.17) is 4.74 Å². The van der Waals surface area contributed by atoms with Gasteiger partial charge in [-0.05, 0) is 40.2 Å². The molecule has 0 aliphatic heterocycles. The van der Waals surface area contributed by atoms with E-state index in [1.807, 2.05) is 0 Å². The molecule has 0 spiro atoms. The van der Waals surface area contributed by atoms with E-state index in [1.54, 1.807) is 20.8 Å². The van der Waals surface area contributed by atoms with Crippen LogP contribution >= 0.6 is 0 Å². The first-order chi connectivity index (χ1) is 11.2. The number of aliphatic hydroxyl groups is 1. The van der Waals surface area contributed by atoms with Gasteiger partial charge < -0.3 is 19.7 Å². The topological polar surface area (TPSA) is 113 Å². The minimum atomic E-state index is -0.731. The van der Waals surface area contributed by atoms with Crippen LogP contribution in [0.5, 0.6) is 0 Å². The monoisotopic (exact) mass is 341 g/mol.